The zero-order valence-corrected chi connectivity index (χ0v) is 14.2. The molecular formula is C14H17BrClNO2S. The number of halogens is 2. The zero-order valence-electron chi connectivity index (χ0n) is 11.0. The SMILES string of the molecule is Nc1cc(Cl)cc(Br)c1OC1CCOC2(CCSC2)C1. The molecular weight excluding hydrogens is 362 g/mol. The Balaban J connectivity index is 1.74. The van der Waals surface area contributed by atoms with Crippen molar-refractivity contribution in [3.63, 3.8) is 0 Å². The van der Waals surface area contributed by atoms with Crippen LogP contribution < -0.4 is 10.5 Å². The van der Waals surface area contributed by atoms with Crippen LogP contribution in [0.3, 0.4) is 0 Å². The molecule has 3 rings (SSSR count). The van der Waals surface area contributed by atoms with Gasteiger partial charge in [0, 0.05) is 23.6 Å². The molecule has 3 nitrogen and oxygen atoms in total. The Morgan fingerprint density at radius 3 is 3.05 bits per heavy atom. The fraction of sp³-hybridized carbons (Fsp3) is 0.571. The first-order chi connectivity index (χ1) is 9.58. The number of hydrogen-bond acceptors (Lipinski definition) is 4. The highest BCUT2D eigenvalue weighted by atomic mass is 79.9. The molecule has 1 spiro atoms. The van der Waals surface area contributed by atoms with E-state index >= 15 is 0 Å². The summed E-state index contributed by atoms with van der Waals surface area (Å²) in [6.07, 6.45) is 3.12. The van der Waals surface area contributed by atoms with Gasteiger partial charge in [0.15, 0.2) is 5.75 Å². The van der Waals surface area contributed by atoms with E-state index in [0.717, 1.165) is 36.1 Å². The Morgan fingerprint density at radius 2 is 2.35 bits per heavy atom. The van der Waals surface area contributed by atoms with Gasteiger partial charge in [-0.25, -0.2) is 0 Å². The molecule has 1 aromatic carbocycles. The van der Waals surface area contributed by atoms with Crippen LogP contribution in [-0.2, 0) is 4.74 Å². The highest BCUT2D eigenvalue weighted by Crippen LogP contribution is 2.41. The summed E-state index contributed by atoms with van der Waals surface area (Å²) >= 11 is 11.4. The lowest BCUT2D eigenvalue weighted by atomic mass is 9.91. The van der Waals surface area contributed by atoms with E-state index < -0.39 is 0 Å². The number of benzene rings is 1. The molecule has 2 atom stereocenters. The maximum Gasteiger partial charge on any atom is 0.156 e. The number of anilines is 1. The van der Waals surface area contributed by atoms with Gasteiger partial charge in [-0.3, -0.25) is 0 Å². The number of rotatable bonds is 2. The van der Waals surface area contributed by atoms with Crippen LogP contribution in [-0.4, -0.2) is 29.8 Å². The number of nitrogens with two attached hydrogens (primary N) is 1. The van der Waals surface area contributed by atoms with E-state index in [1.165, 1.54) is 5.75 Å². The molecule has 0 aromatic heterocycles. The van der Waals surface area contributed by atoms with Crippen LogP contribution in [0.15, 0.2) is 16.6 Å². The lowest BCUT2D eigenvalue weighted by Crippen LogP contribution is -2.43. The normalized spacial score (nSPS) is 29.8. The number of ether oxygens (including phenoxy) is 2. The summed E-state index contributed by atoms with van der Waals surface area (Å²) in [6.45, 7) is 0.760. The van der Waals surface area contributed by atoms with E-state index in [4.69, 9.17) is 26.8 Å². The molecule has 110 valence electrons. The Kier molecular flexibility index (Phi) is 4.41. The first-order valence-corrected chi connectivity index (χ1v) is 9.03. The average Bonchev–Trinajstić information content (AvgIpc) is 2.82. The summed E-state index contributed by atoms with van der Waals surface area (Å²) in [5, 5.41) is 0.609. The van der Waals surface area contributed by atoms with Crippen molar-refractivity contribution in [2.75, 3.05) is 23.8 Å². The molecule has 0 saturated carbocycles. The summed E-state index contributed by atoms with van der Waals surface area (Å²) in [5.41, 5.74) is 6.60. The maximum atomic E-state index is 6.14. The molecule has 0 aliphatic carbocycles. The fourth-order valence-electron chi connectivity index (χ4n) is 2.82. The number of hydrogen-bond donors (Lipinski definition) is 1. The van der Waals surface area contributed by atoms with Crippen LogP contribution >= 0.6 is 39.3 Å². The maximum absolute atomic E-state index is 6.14. The van der Waals surface area contributed by atoms with E-state index in [1.807, 2.05) is 17.8 Å². The van der Waals surface area contributed by atoms with Crippen LogP contribution in [0.1, 0.15) is 19.3 Å². The van der Waals surface area contributed by atoms with Crippen molar-refractivity contribution in [3.8, 4) is 5.75 Å². The molecule has 1 aromatic rings. The monoisotopic (exact) mass is 377 g/mol. The van der Waals surface area contributed by atoms with E-state index in [9.17, 15) is 0 Å². The zero-order chi connectivity index (χ0) is 14.2. The average molecular weight is 379 g/mol. The number of nitrogen functional groups attached to an aromatic ring is 1. The third-order valence-electron chi connectivity index (χ3n) is 3.84. The van der Waals surface area contributed by atoms with Crippen molar-refractivity contribution in [1.82, 2.24) is 0 Å². The Hall–Kier alpha value is -0.100. The van der Waals surface area contributed by atoms with Gasteiger partial charge < -0.3 is 15.2 Å². The topological polar surface area (TPSA) is 44.5 Å². The van der Waals surface area contributed by atoms with Crippen LogP contribution in [0, 0.1) is 0 Å². The quantitative estimate of drug-likeness (QED) is 0.786. The van der Waals surface area contributed by atoms with Gasteiger partial charge >= 0.3 is 0 Å². The van der Waals surface area contributed by atoms with Crippen molar-refractivity contribution in [2.24, 2.45) is 0 Å². The summed E-state index contributed by atoms with van der Waals surface area (Å²) in [4.78, 5) is 0. The summed E-state index contributed by atoms with van der Waals surface area (Å²) in [7, 11) is 0. The van der Waals surface area contributed by atoms with Gasteiger partial charge in [0.05, 0.1) is 22.4 Å². The van der Waals surface area contributed by atoms with E-state index in [2.05, 4.69) is 15.9 Å². The van der Waals surface area contributed by atoms with Crippen LogP contribution in [0.25, 0.3) is 0 Å². The summed E-state index contributed by atoms with van der Waals surface area (Å²) in [6, 6.07) is 3.54. The van der Waals surface area contributed by atoms with Gasteiger partial charge in [0.1, 0.15) is 6.10 Å². The van der Waals surface area contributed by atoms with Gasteiger partial charge in [0.25, 0.3) is 0 Å². The predicted molar refractivity (Wildman–Crippen MR) is 87.8 cm³/mol. The van der Waals surface area contributed by atoms with Crippen LogP contribution in [0.5, 0.6) is 5.75 Å². The first kappa shape index (κ1) is 14.8. The van der Waals surface area contributed by atoms with Crippen molar-refractivity contribution >= 4 is 45.0 Å². The van der Waals surface area contributed by atoms with Gasteiger partial charge in [0.2, 0.25) is 0 Å². The largest absolute Gasteiger partial charge is 0.487 e. The van der Waals surface area contributed by atoms with Gasteiger partial charge in [-0.2, -0.15) is 11.8 Å². The molecule has 2 saturated heterocycles. The predicted octanol–water partition coefficient (Wildman–Crippen LogP) is 4.12. The Labute approximate surface area is 136 Å². The second-order valence-corrected chi connectivity index (χ2v) is 7.77. The summed E-state index contributed by atoms with van der Waals surface area (Å²) < 4.78 is 13.0. The van der Waals surface area contributed by atoms with E-state index in [-0.39, 0.29) is 11.7 Å². The smallest absolute Gasteiger partial charge is 0.156 e. The number of thioether (sulfide) groups is 1. The Morgan fingerprint density at radius 1 is 1.50 bits per heavy atom. The van der Waals surface area contributed by atoms with Gasteiger partial charge in [-0.1, -0.05) is 11.6 Å². The minimum atomic E-state index is 0.0151. The second kappa shape index (κ2) is 5.95. The lowest BCUT2D eigenvalue weighted by Gasteiger charge is -2.37. The standard InChI is InChI=1S/C14H17BrClNO2S/c15-11-5-9(16)6-12(17)13(11)19-10-1-3-18-14(7-10)2-4-20-8-14/h5-6,10H,1-4,7-8,17H2. The molecule has 2 heterocycles. The van der Waals surface area contributed by atoms with Gasteiger partial charge in [-0.05, 0) is 40.2 Å². The molecule has 2 aliphatic heterocycles. The van der Waals surface area contributed by atoms with Crippen molar-refractivity contribution in [3.05, 3.63) is 21.6 Å². The van der Waals surface area contributed by atoms with Crippen molar-refractivity contribution < 1.29 is 9.47 Å². The molecule has 2 fully saturated rings. The van der Waals surface area contributed by atoms with E-state index in [0.29, 0.717) is 16.5 Å². The second-order valence-electron chi connectivity index (χ2n) is 5.37. The minimum Gasteiger partial charge on any atom is -0.487 e. The summed E-state index contributed by atoms with van der Waals surface area (Å²) in [5.74, 6) is 2.95. The minimum absolute atomic E-state index is 0.0151. The van der Waals surface area contributed by atoms with Crippen molar-refractivity contribution in [2.45, 2.75) is 31.0 Å². The third-order valence-corrected chi connectivity index (χ3v) is 5.87. The van der Waals surface area contributed by atoms with Gasteiger partial charge in [-0.15, -0.1) is 0 Å². The van der Waals surface area contributed by atoms with E-state index in [1.54, 1.807) is 6.07 Å². The highest BCUT2D eigenvalue weighted by molar-refractivity contribution is 9.10. The molecule has 2 aliphatic rings. The fourth-order valence-corrected chi connectivity index (χ4v) is 5.12. The first-order valence-electron chi connectivity index (χ1n) is 6.71. The highest BCUT2D eigenvalue weighted by Gasteiger charge is 2.41. The molecule has 0 amide bonds. The van der Waals surface area contributed by atoms with Crippen LogP contribution in [0.4, 0.5) is 5.69 Å². The molecule has 20 heavy (non-hydrogen) atoms. The molecule has 6 heteroatoms. The molecule has 0 bridgehead atoms. The third kappa shape index (κ3) is 3.06. The molecule has 2 unspecified atom stereocenters. The van der Waals surface area contributed by atoms with Crippen molar-refractivity contribution in [1.29, 1.82) is 0 Å². The molecule has 0 radical (unpaired) electrons. The molecule has 2 N–H and O–H groups in total. The lowest BCUT2D eigenvalue weighted by molar-refractivity contribution is -0.0958. The Bertz CT molecular complexity index is 485. The van der Waals surface area contributed by atoms with Crippen LogP contribution in [0.2, 0.25) is 5.02 Å².